The maximum absolute atomic E-state index is 5.00. The molecule has 1 aliphatic rings. The number of rotatable bonds is 0. The fourth-order valence-corrected chi connectivity index (χ4v) is 0.428. The Bertz CT molecular complexity index is 111. The molecule has 0 fully saturated rings. The molecule has 7 heavy (non-hydrogen) atoms. The summed E-state index contributed by atoms with van der Waals surface area (Å²) in [6.07, 6.45) is 6.66. The van der Waals surface area contributed by atoms with Crippen LogP contribution in [0.5, 0.6) is 0 Å². The number of allylic oxidation sites excluding steroid dienone is 3. The molecule has 1 heterocycles. The smallest absolute Gasteiger partial charge is 0.113 e. The van der Waals surface area contributed by atoms with Crippen molar-refractivity contribution >= 4 is 0 Å². The van der Waals surface area contributed by atoms with Crippen LogP contribution >= 0.6 is 0 Å². The minimum absolute atomic E-state index is 0.613. The lowest BCUT2D eigenvalue weighted by Crippen LogP contribution is -1.91. The first-order chi connectivity index (χ1) is 3.39. The molecule has 0 amide bonds. The van der Waals surface area contributed by atoms with Gasteiger partial charge in [-0.2, -0.15) is 0 Å². The third-order valence-electron chi connectivity index (χ3n) is 0.819. The summed E-state index contributed by atoms with van der Waals surface area (Å²) in [5, 5.41) is 0. The molecule has 1 aliphatic heterocycles. The summed E-state index contributed by atoms with van der Waals surface area (Å²) in [6, 6.07) is 0. The molecule has 0 saturated carbocycles. The van der Waals surface area contributed by atoms with Crippen molar-refractivity contribution in [3.8, 4) is 0 Å². The quantitative estimate of drug-likeness (QED) is 0.440. The van der Waals surface area contributed by atoms with Crippen LogP contribution in [0.1, 0.15) is 6.92 Å². The molecule has 1 radical (unpaired) electrons. The SMILES string of the molecule is CC1=CC=[C]CO1. The Morgan fingerprint density at radius 1 is 1.86 bits per heavy atom. The van der Waals surface area contributed by atoms with Gasteiger partial charge in [-0.15, -0.1) is 0 Å². The standard InChI is InChI=1S/C6H7O/c1-6-4-2-3-5-7-6/h2,4H,5H2,1H3. The Hall–Kier alpha value is -0.720. The van der Waals surface area contributed by atoms with E-state index in [2.05, 4.69) is 6.08 Å². The average molecular weight is 95.1 g/mol. The molecule has 1 heteroatoms. The second kappa shape index (κ2) is 1.82. The van der Waals surface area contributed by atoms with Crippen molar-refractivity contribution in [2.75, 3.05) is 6.61 Å². The molecule has 0 spiro atoms. The average Bonchev–Trinajstić information content (AvgIpc) is 1.69. The highest BCUT2D eigenvalue weighted by atomic mass is 16.5. The predicted molar refractivity (Wildman–Crippen MR) is 27.5 cm³/mol. The number of ether oxygens (including phenoxy) is 1. The molecule has 0 saturated heterocycles. The summed E-state index contributed by atoms with van der Waals surface area (Å²) in [4.78, 5) is 0. The maximum Gasteiger partial charge on any atom is 0.113 e. The molecule has 0 bridgehead atoms. The van der Waals surface area contributed by atoms with Gasteiger partial charge in [0.2, 0.25) is 0 Å². The molecule has 1 rings (SSSR count). The molecular weight excluding hydrogens is 88.1 g/mol. The first-order valence-corrected chi connectivity index (χ1v) is 2.26. The molecule has 0 aromatic carbocycles. The van der Waals surface area contributed by atoms with Crippen LogP contribution in [0.2, 0.25) is 0 Å². The van der Waals surface area contributed by atoms with Gasteiger partial charge < -0.3 is 4.74 Å². The third kappa shape index (κ3) is 1.07. The van der Waals surface area contributed by atoms with Crippen molar-refractivity contribution in [1.82, 2.24) is 0 Å². The summed E-state index contributed by atoms with van der Waals surface area (Å²) in [6.45, 7) is 2.54. The lowest BCUT2D eigenvalue weighted by atomic mass is 10.4. The first-order valence-electron chi connectivity index (χ1n) is 2.26. The van der Waals surface area contributed by atoms with E-state index in [-0.39, 0.29) is 0 Å². The van der Waals surface area contributed by atoms with Crippen molar-refractivity contribution < 1.29 is 4.74 Å². The zero-order valence-corrected chi connectivity index (χ0v) is 4.27. The minimum atomic E-state index is 0.613. The van der Waals surface area contributed by atoms with E-state index in [9.17, 15) is 0 Å². The molecule has 37 valence electrons. The summed E-state index contributed by atoms with van der Waals surface area (Å²) in [5.74, 6) is 0.971. The molecule has 0 aliphatic carbocycles. The van der Waals surface area contributed by atoms with Crippen LogP contribution in [0.3, 0.4) is 0 Å². The van der Waals surface area contributed by atoms with Crippen molar-refractivity contribution in [3.05, 3.63) is 24.0 Å². The Labute approximate surface area is 43.3 Å². The van der Waals surface area contributed by atoms with Gasteiger partial charge in [-0.1, -0.05) is 6.08 Å². The normalized spacial score (nSPS) is 18.1. The van der Waals surface area contributed by atoms with Crippen LogP contribution in [0.25, 0.3) is 0 Å². The largest absolute Gasteiger partial charge is 0.494 e. The van der Waals surface area contributed by atoms with E-state index < -0.39 is 0 Å². The summed E-state index contributed by atoms with van der Waals surface area (Å²) < 4.78 is 5.00. The monoisotopic (exact) mass is 95.0 g/mol. The van der Waals surface area contributed by atoms with Gasteiger partial charge in [0, 0.05) is 0 Å². The maximum atomic E-state index is 5.00. The molecule has 1 nitrogen and oxygen atoms in total. The predicted octanol–water partition coefficient (Wildman–Crippen LogP) is 1.28. The molecule has 0 N–H and O–H groups in total. The first kappa shape index (κ1) is 4.44. The van der Waals surface area contributed by atoms with Crippen LogP contribution in [0.15, 0.2) is 17.9 Å². The second-order valence-corrected chi connectivity index (χ2v) is 1.44. The van der Waals surface area contributed by atoms with Gasteiger partial charge in [0.15, 0.2) is 0 Å². The Balaban J connectivity index is 2.57. The van der Waals surface area contributed by atoms with Crippen molar-refractivity contribution in [1.29, 1.82) is 0 Å². The highest BCUT2D eigenvalue weighted by Gasteiger charge is 1.88. The van der Waals surface area contributed by atoms with Gasteiger partial charge in [-0.3, -0.25) is 0 Å². The van der Waals surface area contributed by atoms with Crippen molar-refractivity contribution in [2.45, 2.75) is 6.92 Å². The Kier molecular flexibility index (Phi) is 1.16. The van der Waals surface area contributed by atoms with Crippen LogP contribution in [-0.4, -0.2) is 6.61 Å². The van der Waals surface area contributed by atoms with E-state index in [1.165, 1.54) is 0 Å². The van der Waals surface area contributed by atoms with E-state index in [0.717, 1.165) is 5.76 Å². The highest BCUT2D eigenvalue weighted by molar-refractivity contribution is 5.06. The number of hydrogen-bond donors (Lipinski definition) is 0. The van der Waals surface area contributed by atoms with E-state index >= 15 is 0 Å². The number of hydrogen-bond acceptors (Lipinski definition) is 1. The van der Waals surface area contributed by atoms with Gasteiger partial charge in [0.1, 0.15) is 6.61 Å². The molecule has 0 unspecified atom stereocenters. The molecule has 0 aromatic rings. The minimum Gasteiger partial charge on any atom is -0.494 e. The third-order valence-corrected chi connectivity index (χ3v) is 0.819. The molecule has 0 atom stereocenters. The van der Waals surface area contributed by atoms with Gasteiger partial charge >= 0.3 is 0 Å². The van der Waals surface area contributed by atoms with Gasteiger partial charge in [0.05, 0.1) is 5.76 Å². The fraction of sp³-hybridized carbons (Fsp3) is 0.333. The van der Waals surface area contributed by atoms with E-state index in [4.69, 9.17) is 4.74 Å². The van der Waals surface area contributed by atoms with Gasteiger partial charge in [-0.25, -0.2) is 0 Å². The van der Waals surface area contributed by atoms with Crippen LogP contribution in [0, 0.1) is 6.08 Å². The van der Waals surface area contributed by atoms with Gasteiger partial charge in [0.25, 0.3) is 0 Å². The Morgan fingerprint density at radius 2 is 2.71 bits per heavy atom. The summed E-state index contributed by atoms with van der Waals surface area (Å²) in [5.41, 5.74) is 0. The molecule has 0 aromatic heterocycles. The van der Waals surface area contributed by atoms with E-state index in [0.29, 0.717) is 6.61 Å². The lowest BCUT2D eigenvalue weighted by Gasteiger charge is -2.03. The highest BCUT2D eigenvalue weighted by Crippen LogP contribution is 1.99. The summed E-state index contributed by atoms with van der Waals surface area (Å²) >= 11 is 0. The zero-order valence-electron chi connectivity index (χ0n) is 4.27. The topological polar surface area (TPSA) is 9.23 Å². The zero-order chi connectivity index (χ0) is 5.11. The van der Waals surface area contributed by atoms with E-state index in [1.807, 2.05) is 19.1 Å². The molecular formula is C6H7O. The van der Waals surface area contributed by atoms with Crippen molar-refractivity contribution in [3.63, 3.8) is 0 Å². The van der Waals surface area contributed by atoms with E-state index in [1.54, 1.807) is 0 Å². The second-order valence-electron chi connectivity index (χ2n) is 1.44. The van der Waals surface area contributed by atoms with Crippen LogP contribution in [0.4, 0.5) is 0 Å². The van der Waals surface area contributed by atoms with Gasteiger partial charge in [-0.05, 0) is 19.1 Å². The van der Waals surface area contributed by atoms with Crippen molar-refractivity contribution in [2.24, 2.45) is 0 Å². The Morgan fingerprint density at radius 3 is 3.00 bits per heavy atom. The van der Waals surface area contributed by atoms with Crippen LogP contribution in [-0.2, 0) is 4.74 Å². The lowest BCUT2D eigenvalue weighted by molar-refractivity contribution is 0.241. The fourth-order valence-electron chi connectivity index (χ4n) is 0.428. The summed E-state index contributed by atoms with van der Waals surface area (Å²) in [7, 11) is 0. The van der Waals surface area contributed by atoms with Crippen LogP contribution < -0.4 is 0 Å².